The first-order valence-electron chi connectivity index (χ1n) is 10.5. The zero-order valence-electron chi connectivity index (χ0n) is 17.8. The van der Waals surface area contributed by atoms with Crippen molar-refractivity contribution < 1.29 is 42.7 Å². The summed E-state index contributed by atoms with van der Waals surface area (Å²) in [6.45, 7) is 0.143. The summed E-state index contributed by atoms with van der Waals surface area (Å²) in [5, 5.41) is 15.6. The number of halogens is 2. The fourth-order valence-corrected chi connectivity index (χ4v) is 3.89. The van der Waals surface area contributed by atoms with Gasteiger partial charge in [-0.05, 0) is 37.5 Å². The topological polar surface area (TPSA) is 153 Å². The molecule has 3 unspecified atom stereocenters. The minimum atomic E-state index is -1.33. The first kappa shape index (κ1) is 24.7. The Morgan fingerprint density at radius 2 is 1.91 bits per heavy atom. The van der Waals surface area contributed by atoms with E-state index >= 15 is 0 Å². The van der Waals surface area contributed by atoms with E-state index in [1.54, 1.807) is 0 Å². The number of aldehydes is 1. The quantitative estimate of drug-likeness (QED) is 0.455. The Balaban J connectivity index is 1.82. The Morgan fingerprint density at radius 3 is 2.56 bits per heavy atom. The van der Waals surface area contributed by atoms with E-state index < -0.39 is 65.8 Å². The average Bonchev–Trinajstić information content (AvgIpc) is 2.92. The maximum absolute atomic E-state index is 13.5. The number of aliphatic carboxylic acids is 1. The van der Waals surface area contributed by atoms with Gasteiger partial charge in [0.2, 0.25) is 11.8 Å². The van der Waals surface area contributed by atoms with Gasteiger partial charge in [0.05, 0.1) is 12.5 Å². The maximum Gasteiger partial charge on any atom is 0.305 e. The molecule has 182 valence electrons. The molecule has 0 spiro atoms. The van der Waals surface area contributed by atoms with Crippen molar-refractivity contribution in [3.8, 4) is 0 Å². The summed E-state index contributed by atoms with van der Waals surface area (Å²) in [5.74, 6) is -6.66. The predicted octanol–water partition coefficient (Wildman–Crippen LogP) is -0.250. The Hall–Kier alpha value is -3.90. The lowest BCUT2D eigenvalue weighted by atomic mass is 10.0. The number of rotatable bonds is 7. The minimum Gasteiger partial charge on any atom is -0.481 e. The molecule has 0 bridgehead atoms. The number of nitrogens with zero attached hydrogens (tertiary/aromatic N) is 2. The number of carboxylic acid groups (broad SMARTS) is 1. The van der Waals surface area contributed by atoms with Gasteiger partial charge in [-0.15, -0.1) is 0 Å². The summed E-state index contributed by atoms with van der Waals surface area (Å²) in [4.78, 5) is 73.3. The lowest BCUT2D eigenvalue weighted by Gasteiger charge is -2.43. The van der Waals surface area contributed by atoms with Gasteiger partial charge in [0.15, 0.2) is 11.6 Å². The molecule has 0 aliphatic carbocycles. The van der Waals surface area contributed by atoms with Crippen molar-refractivity contribution in [1.82, 2.24) is 20.7 Å². The molecule has 4 amide bonds. The van der Waals surface area contributed by atoms with Gasteiger partial charge in [-0.25, -0.2) is 13.8 Å². The van der Waals surface area contributed by atoms with Crippen molar-refractivity contribution in [2.45, 2.75) is 50.2 Å². The Bertz CT molecular complexity index is 1030. The van der Waals surface area contributed by atoms with Crippen molar-refractivity contribution in [1.29, 1.82) is 0 Å². The van der Waals surface area contributed by atoms with E-state index in [0.717, 1.165) is 22.2 Å². The van der Waals surface area contributed by atoms with Gasteiger partial charge in [-0.1, -0.05) is 0 Å². The monoisotopic (exact) mass is 480 g/mol. The van der Waals surface area contributed by atoms with Crippen LogP contribution in [0, 0.1) is 11.6 Å². The molecular formula is C21H22F2N4O7. The molecule has 3 N–H and O–H groups in total. The zero-order valence-corrected chi connectivity index (χ0v) is 17.8. The van der Waals surface area contributed by atoms with Crippen LogP contribution in [0.1, 0.15) is 42.5 Å². The number of carboxylic acids is 1. The summed E-state index contributed by atoms with van der Waals surface area (Å²) >= 11 is 0. The summed E-state index contributed by atoms with van der Waals surface area (Å²) in [7, 11) is 0. The van der Waals surface area contributed by atoms with Gasteiger partial charge in [0.1, 0.15) is 18.4 Å². The number of hydrogen-bond acceptors (Lipinski definition) is 6. The maximum atomic E-state index is 13.5. The Kier molecular flexibility index (Phi) is 7.54. The van der Waals surface area contributed by atoms with E-state index in [1.165, 1.54) is 0 Å². The van der Waals surface area contributed by atoms with Crippen LogP contribution in [0.4, 0.5) is 8.78 Å². The molecule has 3 atom stereocenters. The van der Waals surface area contributed by atoms with Crippen LogP contribution < -0.4 is 10.6 Å². The molecule has 0 saturated carbocycles. The van der Waals surface area contributed by atoms with Crippen molar-refractivity contribution >= 4 is 35.9 Å². The molecule has 0 radical (unpaired) electrons. The molecule has 0 aromatic heterocycles. The van der Waals surface area contributed by atoms with Crippen LogP contribution in [0.15, 0.2) is 18.2 Å². The van der Waals surface area contributed by atoms with Crippen molar-refractivity contribution in [3.05, 3.63) is 35.4 Å². The van der Waals surface area contributed by atoms with Gasteiger partial charge in [-0.2, -0.15) is 0 Å². The molecular weight excluding hydrogens is 458 g/mol. The number of hydrogen-bond donors (Lipinski definition) is 3. The van der Waals surface area contributed by atoms with E-state index in [0.29, 0.717) is 12.5 Å². The van der Waals surface area contributed by atoms with Crippen LogP contribution in [0.3, 0.4) is 0 Å². The average molecular weight is 480 g/mol. The van der Waals surface area contributed by atoms with Gasteiger partial charge >= 0.3 is 5.97 Å². The number of benzene rings is 1. The fourth-order valence-electron chi connectivity index (χ4n) is 3.89. The molecule has 11 nitrogen and oxygen atoms in total. The van der Waals surface area contributed by atoms with Crippen LogP contribution in [0.2, 0.25) is 0 Å². The fraction of sp³-hybridized carbons (Fsp3) is 0.429. The van der Waals surface area contributed by atoms with Crippen LogP contribution in [-0.4, -0.2) is 75.7 Å². The highest BCUT2D eigenvalue weighted by Gasteiger charge is 2.45. The largest absolute Gasteiger partial charge is 0.481 e. The zero-order chi connectivity index (χ0) is 25.0. The molecule has 1 aromatic rings. The minimum absolute atomic E-state index is 0.0929. The molecule has 2 heterocycles. The lowest BCUT2D eigenvalue weighted by molar-refractivity contribution is -0.176. The summed E-state index contributed by atoms with van der Waals surface area (Å²) < 4.78 is 26.7. The third-order valence-electron chi connectivity index (χ3n) is 5.54. The van der Waals surface area contributed by atoms with Crippen LogP contribution >= 0.6 is 0 Å². The second-order valence-corrected chi connectivity index (χ2v) is 7.90. The van der Waals surface area contributed by atoms with Crippen LogP contribution in [0.5, 0.6) is 0 Å². The normalized spacial score (nSPS) is 21.2. The summed E-state index contributed by atoms with van der Waals surface area (Å²) in [6.07, 6.45) is -0.133. The highest BCUT2D eigenvalue weighted by Crippen LogP contribution is 2.25. The molecule has 2 saturated heterocycles. The molecule has 13 heteroatoms. The number of nitrogens with one attached hydrogen (secondary N) is 2. The van der Waals surface area contributed by atoms with Crippen molar-refractivity contribution in [3.63, 3.8) is 0 Å². The number of amides is 4. The molecule has 1 aromatic carbocycles. The highest BCUT2D eigenvalue weighted by atomic mass is 19.2. The van der Waals surface area contributed by atoms with E-state index in [2.05, 4.69) is 10.6 Å². The van der Waals surface area contributed by atoms with E-state index in [4.69, 9.17) is 5.11 Å². The lowest BCUT2D eigenvalue weighted by Crippen LogP contribution is -2.64. The second-order valence-electron chi connectivity index (χ2n) is 7.90. The molecule has 2 fully saturated rings. The van der Waals surface area contributed by atoms with E-state index in [9.17, 15) is 37.5 Å². The summed E-state index contributed by atoms with van der Waals surface area (Å²) in [5.41, 5.74) is -0.241. The number of carbonyl (C=O) groups is 6. The number of fused-ring (bicyclic) bond motifs is 1. The van der Waals surface area contributed by atoms with E-state index in [1.807, 2.05) is 0 Å². The highest BCUT2D eigenvalue weighted by molar-refractivity contribution is 6.00. The van der Waals surface area contributed by atoms with Gasteiger partial charge in [-0.3, -0.25) is 29.0 Å². The van der Waals surface area contributed by atoms with E-state index in [-0.39, 0.29) is 37.7 Å². The molecule has 2 aliphatic rings. The van der Waals surface area contributed by atoms with Crippen LogP contribution in [0.25, 0.3) is 0 Å². The number of carbonyl (C=O) groups excluding carboxylic acids is 5. The van der Waals surface area contributed by atoms with Crippen molar-refractivity contribution in [2.75, 3.05) is 6.54 Å². The third-order valence-corrected chi connectivity index (χ3v) is 5.54. The van der Waals surface area contributed by atoms with Gasteiger partial charge in [0, 0.05) is 18.5 Å². The molecule has 34 heavy (non-hydrogen) atoms. The Labute approximate surface area is 192 Å². The van der Waals surface area contributed by atoms with Gasteiger partial charge < -0.3 is 20.5 Å². The third kappa shape index (κ3) is 5.35. The predicted molar refractivity (Wildman–Crippen MR) is 109 cm³/mol. The standard InChI is InChI=1S/C21H22F2N4O7/c22-13-4-3-11(8-14(13)23)19(32)25-15-5-6-17(29)26-7-1-2-16(27(26)21(15)34)20(33)24-12(10-28)9-18(30)31/h3-4,8,10,12,15-16H,1-2,5-7,9H2,(H,24,33)(H,25,32)(H,30,31). The second kappa shape index (κ2) is 10.4. The SMILES string of the molecule is O=CC(CC(=O)O)NC(=O)C1CCCN2C(=O)CCC(NC(=O)c3ccc(F)c(F)c3)C(=O)N12. The molecule has 2 aliphatic heterocycles. The van der Waals surface area contributed by atoms with Crippen LogP contribution in [-0.2, 0) is 24.0 Å². The summed E-state index contributed by atoms with van der Waals surface area (Å²) in [6, 6.07) is -1.34. The van der Waals surface area contributed by atoms with Crippen molar-refractivity contribution in [2.24, 2.45) is 0 Å². The van der Waals surface area contributed by atoms with Gasteiger partial charge in [0.25, 0.3) is 11.8 Å². The molecule has 3 rings (SSSR count). The first-order valence-corrected chi connectivity index (χ1v) is 10.5. The smallest absolute Gasteiger partial charge is 0.305 e. The Morgan fingerprint density at radius 1 is 1.18 bits per heavy atom. The first-order chi connectivity index (χ1) is 16.1. The number of hydrazine groups is 1.